The maximum absolute atomic E-state index is 12.1. The lowest BCUT2D eigenvalue weighted by Gasteiger charge is -2.30. The monoisotopic (exact) mass is 398 g/mol. The van der Waals surface area contributed by atoms with E-state index >= 15 is 0 Å². The highest BCUT2D eigenvalue weighted by molar-refractivity contribution is 7.85. The number of aromatic nitrogens is 1. The van der Waals surface area contributed by atoms with Crippen LogP contribution in [0.3, 0.4) is 0 Å². The molecule has 1 aromatic rings. The number of nitrogens with zero attached hydrogens (tertiary/aromatic N) is 2. The third-order valence-corrected chi connectivity index (χ3v) is 7.60. The Morgan fingerprint density at radius 3 is 2.88 bits per heavy atom. The fraction of sp³-hybridized carbons (Fsp3) is 0.789. The summed E-state index contributed by atoms with van der Waals surface area (Å²) in [7, 11) is -0.692. The van der Waals surface area contributed by atoms with Crippen LogP contribution in [0.1, 0.15) is 70.0 Å². The molecule has 5 nitrogen and oxygen atoms in total. The summed E-state index contributed by atoms with van der Waals surface area (Å²) in [4.78, 5) is 9.41. The predicted octanol–water partition coefficient (Wildman–Crippen LogP) is 3.44. The van der Waals surface area contributed by atoms with Gasteiger partial charge in [0.15, 0.2) is 5.96 Å². The van der Waals surface area contributed by atoms with E-state index in [9.17, 15) is 4.21 Å². The van der Waals surface area contributed by atoms with Gasteiger partial charge in [-0.3, -0.25) is 9.20 Å². The van der Waals surface area contributed by atoms with Crippen molar-refractivity contribution in [3.05, 3.63) is 16.1 Å². The molecule has 0 spiro atoms. The van der Waals surface area contributed by atoms with Gasteiger partial charge in [-0.05, 0) is 26.2 Å². The highest BCUT2D eigenvalue weighted by Gasteiger charge is 2.26. The Balaban J connectivity index is 1.88. The fourth-order valence-electron chi connectivity index (χ4n) is 3.25. The molecule has 0 bridgehead atoms. The lowest BCUT2D eigenvalue weighted by molar-refractivity contribution is 0.413. The fourth-order valence-corrected chi connectivity index (χ4v) is 5.47. The quantitative estimate of drug-likeness (QED) is 0.520. The van der Waals surface area contributed by atoms with Crippen LogP contribution in [0.4, 0.5) is 0 Å². The van der Waals surface area contributed by atoms with Crippen molar-refractivity contribution in [3.8, 4) is 0 Å². The van der Waals surface area contributed by atoms with Gasteiger partial charge in [0.05, 0.1) is 10.7 Å². The van der Waals surface area contributed by atoms with E-state index in [0.29, 0.717) is 17.2 Å². The van der Waals surface area contributed by atoms with Gasteiger partial charge >= 0.3 is 0 Å². The Hall–Kier alpha value is -0.950. The molecule has 1 heterocycles. The summed E-state index contributed by atoms with van der Waals surface area (Å²) in [5.74, 6) is 2.13. The molecular formula is C19H34N4OS2. The number of hydrogen-bond donors (Lipinski definition) is 2. The Morgan fingerprint density at radius 1 is 1.42 bits per heavy atom. The minimum absolute atomic E-state index is 0.332. The van der Waals surface area contributed by atoms with Crippen LogP contribution in [-0.4, -0.2) is 45.3 Å². The predicted molar refractivity (Wildman–Crippen MR) is 114 cm³/mol. The van der Waals surface area contributed by atoms with E-state index in [1.165, 1.54) is 5.01 Å². The molecule has 7 heteroatoms. The molecule has 2 rings (SSSR count). The number of hydrogen-bond acceptors (Lipinski definition) is 4. The third kappa shape index (κ3) is 6.65. The molecular weight excluding hydrogens is 364 g/mol. The first-order chi connectivity index (χ1) is 12.5. The van der Waals surface area contributed by atoms with Crippen LogP contribution in [0, 0.1) is 0 Å². The summed E-state index contributed by atoms with van der Waals surface area (Å²) in [5.41, 5.74) is 1.13. The first-order valence-corrected chi connectivity index (χ1v) is 12.2. The molecule has 1 fully saturated rings. The van der Waals surface area contributed by atoms with Crippen molar-refractivity contribution in [1.29, 1.82) is 0 Å². The molecule has 1 aliphatic carbocycles. The van der Waals surface area contributed by atoms with E-state index in [0.717, 1.165) is 62.6 Å². The maximum Gasteiger partial charge on any atom is 0.191 e. The zero-order valence-electron chi connectivity index (χ0n) is 16.6. The summed E-state index contributed by atoms with van der Waals surface area (Å²) >= 11 is 1.74. The molecule has 0 amide bonds. The average Bonchev–Trinajstić information content (AvgIpc) is 3.10. The maximum atomic E-state index is 12.1. The van der Waals surface area contributed by atoms with Crippen molar-refractivity contribution in [2.45, 2.75) is 77.0 Å². The topological polar surface area (TPSA) is 66.4 Å². The summed E-state index contributed by atoms with van der Waals surface area (Å²) in [5, 5.41) is 10.6. The van der Waals surface area contributed by atoms with Crippen LogP contribution in [0.25, 0.3) is 0 Å². The van der Waals surface area contributed by atoms with Crippen LogP contribution >= 0.6 is 11.3 Å². The molecule has 1 aromatic heterocycles. The van der Waals surface area contributed by atoms with Gasteiger partial charge in [0.1, 0.15) is 0 Å². The molecule has 148 valence electrons. The summed E-state index contributed by atoms with van der Waals surface area (Å²) in [6.45, 7) is 10.0. The minimum atomic E-state index is -0.692. The molecule has 2 N–H and O–H groups in total. The molecule has 1 aliphatic rings. The van der Waals surface area contributed by atoms with Crippen molar-refractivity contribution in [1.82, 2.24) is 15.6 Å². The zero-order valence-corrected chi connectivity index (χ0v) is 18.2. The number of thiazole rings is 1. The van der Waals surface area contributed by atoms with Crippen LogP contribution in [-0.2, 0) is 17.2 Å². The van der Waals surface area contributed by atoms with E-state index in [1.807, 2.05) is 6.92 Å². The second-order valence-electron chi connectivity index (χ2n) is 7.14. The van der Waals surface area contributed by atoms with Crippen molar-refractivity contribution in [3.63, 3.8) is 0 Å². The average molecular weight is 399 g/mol. The van der Waals surface area contributed by atoms with Crippen molar-refractivity contribution >= 4 is 28.1 Å². The molecule has 3 unspecified atom stereocenters. The third-order valence-electron chi connectivity index (χ3n) is 4.67. The zero-order chi connectivity index (χ0) is 18.9. The van der Waals surface area contributed by atoms with Gasteiger partial charge < -0.3 is 10.6 Å². The first-order valence-electron chi connectivity index (χ1n) is 9.89. The molecule has 1 saturated carbocycles. The molecule has 0 aromatic carbocycles. The van der Waals surface area contributed by atoms with Gasteiger partial charge in [0, 0.05) is 58.7 Å². The van der Waals surface area contributed by atoms with Gasteiger partial charge in [-0.25, -0.2) is 4.98 Å². The van der Waals surface area contributed by atoms with Crippen LogP contribution in [0.15, 0.2) is 10.4 Å². The van der Waals surface area contributed by atoms with Gasteiger partial charge in [0.25, 0.3) is 0 Å². The lowest BCUT2D eigenvalue weighted by Crippen LogP contribution is -2.46. The number of aliphatic imine (C=N–C) groups is 1. The van der Waals surface area contributed by atoms with Crippen molar-refractivity contribution in [2.24, 2.45) is 4.99 Å². The summed E-state index contributed by atoms with van der Waals surface area (Å²) < 4.78 is 12.1. The molecule has 0 radical (unpaired) electrons. The van der Waals surface area contributed by atoms with Gasteiger partial charge in [0.2, 0.25) is 0 Å². The van der Waals surface area contributed by atoms with Crippen molar-refractivity contribution in [2.75, 3.05) is 18.8 Å². The highest BCUT2D eigenvalue weighted by Crippen LogP contribution is 2.23. The van der Waals surface area contributed by atoms with Crippen molar-refractivity contribution < 1.29 is 4.21 Å². The van der Waals surface area contributed by atoms with E-state index in [-0.39, 0.29) is 0 Å². The Bertz CT molecular complexity index is 600. The first kappa shape index (κ1) is 21.4. The van der Waals surface area contributed by atoms with E-state index in [4.69, 9.17) is 4.99 Å². The standard InChI is InChI=1S/C19H34N4OS2/c1-5-20-19(21-11-10-16-13-25-18(22-16)14(3)4)23-15-8-7-9-17(12-15)26(24)6-2/h13-15,17H,5-12H2,1-4H3,(H2,20,21,23). The molecule has 0 aliphatic heterocycles. The normalized spacial score (nSPS) is 22.4. The van der Waals surface area contributed by atoms with Crippen LogP contribution < -0.4 is 10.6 Å². The Labute approximate surface area is 164 Å². The number of rotatable bonds is 8. The lowest BCUT2D eigenvalue weighted by atomic mass is 9.95. The molecule has 26 heavy (non-hydrogen) atoms. The summed E-state index contributed by atoms with van der Waals surface area (Å²) in [6, 6.07) is 0.369. The van der Waals surface area contributed by atoms with E-state index < -0.39 is 10.8 Å². The van der Waals surface area contributed by atoms with Crippen LogP contribution in [0.2, 0.25) is 0 Å². The second kappa shape index (κ2) is 11.0. The van der Waals surface area contributed by atoms with E-state index in [2.05, 4.69) is 41.8 Å². The Morgan fingerprint density at radius 2 is 2.23 bits per heavy atom. The van der Waals surface area contributed by atoms with Crippen LogP contribution in [0.5, 0.6) is 0 Å². The minimum Gasteiger partial charge on any atom is -0.357 e. The van der Waals surface area contributed by atoms with Gasteiger partial charge in [-0.1, -0.05) is 27.2 Å². The number of nitrogens with one attached hydrogen (secondary N) is 2. The second-order valence-corrected chi connectivity index (χ2v) is 10.0. The van der Waals surface area contributed by atoms with E-state index in [1.54, 1.807) is 11.3 Å². The number of guanidine groups is 1. The summed E-state index contributed by atoms with van der Waals surface area (Å²) in [6.07, 6.45) is 5.21. The SMILES string of the molecule is CCNC(=NCCc1csc(C(C)C)n1)NC1CCCC(S(=O)CC)C1. The van der Waals surface area contributed by atoms with Gasteiger partial charge in [-0.15, -0.1) is 11.3 Å². The molecule has 3 atom stereocenters. The largest absolute Gasteiger partial charge is 0.357 e. The van der Waals surface area contributed by atoms with Gasteiger partial charge in [-0.2, -0.15) is 0 Å². The molecule has 0 saturated heterocycles. The highest BCUT2D eigenvalue weighted by atomic mass is 32.2. The smallest absolute Gasteiger partial charge is 0.191 e. The Kier molecular flexibility index (Phi) is 9.05.